The van der Waals surface area contributed by atoms with Crippen molar-refractivity contribution in [1.29, 1.82) is 0 Å². The molecule has 0 unspecified atom stereocenters. The maximum Gasteiger partial charge on any atom is 0.212 e. The quantitative estimate of drug-likeness (QED) is 0.654. The topological polar surface area (TPSA) is 51.2 Å². The molecule has 0 aromatic carbocycles. The van der Waals surface area contributed by atoms with Gasteiger partial charge in [-0.1, -0.05) is 0 Å². The molecule has 0 aliphatic heterocycles. The van der Waals surface area contributed by atoms with Gasteiger partial charge in [0.2, 0.25) is 6.41 Å². The van der Waals surface area contributed by atoms with E-state index in [9.17, 15) is 4.79 Å². The Hall–Kier alpha value is -1.13. The molecule has 0 fully saturated rings. The Balaban J connectivity index is 0.000000385. The van der Waals surface area contributed by atoms with Crippen molar-refractivity contribution in [2.75, 3.05) is 12.4 Å². The van der Waals surface area contributed by atoms with E-state index in [4.69, 9.17) is 16.3 Å². The van der Waals surface area contributed by atoms with Gasteiger partial charge in [0.15, 0.2) is 0 Å². The smallest absolute Gasteiger partial charge is 0.212 e. The molecule has 1 aromatic heterocycles. The third-order valence-corrected chi connectivity index (χ3v) is 1.97. The van der Waals surface area contributed by atoms with Gasteiger partial charge < -0.3 is 10.1 Å². The highest BCUT2D eigenvalue weighted by molar-refractivity contribution is 6.17. The van der Waals surface area contributed by atoms with E-state index in [1.807, 2.05) is 13.8 Å². The first kappa shape index (κ1) is 14.9. The normalized spacial score (nSPS) is 9.31. The SMILES string of the molecule is COC(C)C.O=CNc1cc(CCl)ccn1. The van der Waals surface area contributed by atoms with Gasteiger partial charge in [-0.2, -0.15) is 0 Å². The predicted octanol–water partition coefficient (Wildman–Crippen LogP) is 2.43. The summed E-state index contributed by atoms with van der Waals surface area (Å²) in [7, 11) is 1.70. The van der Waals surface area contributed by atoms with Crippen LogP contribution in [0.1, 0.15) is 19.4 Å². The number of ether oxygens (including phenoxy) is 1. The number of hydrogen-bond acceptors (Lipinski definition) is 3. The fourth-order valence-electron chi connectivity index (χ4n) is 0.697. The third-order valence-electron chi connectivity index (χ3n) is 1.66. The molecule has 90 valence electrons. The van der Waals surface area contributed by atoms with Crippen LogP contribution in [0.25, 0.3) is 0 Å². The van der Waals surface area contributed by atoms with E-state index in [1.54, 1.807) is 25.4 Å². The summed E-state index contributed by atoms with van der Waals surface area (Å²) in [5, 5.41) is 2.43. The Labute approximate surface area is 101 Å². The van der Waals surface area contributed by atoms with Crippen LogP contribution in [0.15, 0.2) is 18.3 Å². The zero-order valence-corrected chi connectivity index (χ0v) is 10.5. The van der Waals surface area contributed by atoms with Crippen molar-refractivity contribution in [2.45, 2.75) is 25.8 Å². The Kier molecular flexibility index (Phi) is 8.48. The van der Waals surface area contributed by atoms with Crippen LogP contribution >= 0.6 is 11.6 Å². The molecule has 0 saturated heterocycles. The molecule has 0 atom stereocenters. The number of hydrogen-bond donors (Lipinski definition) is 1. The Morgan fingerprint density at radius 3 is 2.69 bits per heavy atom. The first-order valence-electron chi connectivity index (χ1n) is 4.88. The molecule has 0 aliphatic carbocycles. The van der Waals surface area contributed by atoms with E-state index >= 15 is 0 Å². The highest BCUT2D eigenvalue weighted by atomic mass is 35.5. The molecule has 1 heterocycles. The molecule has 16 heavy (non-hydrogen) atoms. The Morgan fingerprint density at radius 2 is 2.25 bits per heavy atom. The van der Waals surface area contributed by atoms with Crippen LogP contribution in [0.2, 0.25) is 0 Å². The molecule has 0 radical (unpaired) electrons. The van der Waals surface area contributed by atoms with Crippen LogP contribution in [-0.2, 0) is 15.4 Å². The van der Waals surface area contributed by atoms with Crippen molar-refractivity contribution in [3.8, 4) is 0 Å². The number of carbonyl (C=O) groups excluding carboxylic acids is 1. The van der Waals surface area contributed by atoms with E-state index in [-0.39, 0.29) is 0 Å². The number of nitrogens with one attached hydrogen (secondary N) is 1. The fraction of sp³-hybridized carbons (Fsp3) is 0.455. The van der Waals surface area contributed by atoms with Crippen LogP contribution in [-0.4, -0.2) is 24.6 Å². The minimum atomic E-state index is 0.384. The molecule has 0 saturated carbocycles. The molecule has 0 spiro atoms. The number of carbonyl (C=O) groups is 1. The average molecular weight is 245 g/mol. The number of alkyl halides is 1. The number of halogens is 1. The second-order valence-corrected chi connectivity index (χ2v) is 3.50. The maximum absolute atomic E-state index is 9.99. The minimum absolute atomic E-state index is 0.384. The standard InChI is InChI=1S/C7H7ClN2O.C4H10O/c8-4-6-1-2-9-7(3-6)10-5-11;1-4(2)5-3/h1-3,5H,4H2,(H,9,10,11);4H,1-3H3. The van der Waals surface area contributed by atoms with Crippen molar-refractivity contribution in [1.82, 2.24) is 4.98 Å². The molecule has 0 aliphatic rings. The number of amides is 1. The van der Waals surface area contributed by atoms with E-state index in [2.05, 4.69) is 10.3 Å². The number of methoxy groups -OCH3 is 1. The van der Waals surface area contributed by atoms with E-state index in [0.717, 1.165) is 5.56 Å². The van der Waals surface area contributed by atoms with Crippen LogP contribution in [0.5, 0.6) is 0 Å². The van der Waals surface area contributed by atoms with Crippen molar-refractivity contribution >= 4 is 23.8 Å². The van der Waals surface area contributed by atoms with Crippen LogP contribution < -0.4 is 5.32 Å². The summed E-state index contributed by atoms with van der Waals surface area (Å²) < 4.78 is 4.75. The Bertz CT molecular complexity index is 306. The zero-order chi connectivity index (χ0) is 12.4. The summed E-state index contributed by atoms with van der Waals surface area (Å²) in [4.78, 5) is 13.9. The van der Waals surface area contributed by atoms with Crippen molar-refractivity contribution in [3.05, 3.63) is 23.9 Å². The van der Waals surface area contributed by atoms with Crippen molar-refractivity contribution in [3.63, 3.8) is 0 Å². The lowest BCUT2D eigenvalue weighted by Gasteiger charge is -1.98. The zero-order valence-electron chi connectivity index (χ0n) is 9.74. The summed E-state index contributed by atoms with van der Waals surface area (Å²) in [6, 6.07) is 3.52. The van der Waals surface area contributed by atoms with Gasteiger partial charge in [0.25, 0.3) is 0 Å². The van der Waals surface area contributed by atoms with Gasteiger partial charge in [-0.25, -0.2) is 4.98 Å². The van der Waals surface area contributed by atoms with E-state index in [0.29, 0.717) is 24.2 Å². The largest absolute Gasteiger partial charge is 0.382 e. The highest BCUT2D eigenvalue weighted by Crippen LogP contribution is 2.07. The summed E-state index contributed by atoms with van der Waals surface area (Å²) in [6.07, 6.45) is 2.57. The van der Waals surface area contributed by atoms with Crippen LogP contribution in [0.3, 0.4) is 0 Å². The lowest BCUT2D eigenvalue weighted by Crippen LogP contribution is -1.96. The molecular weight excluding hydrogens is 228 g/mol. The molecule has 5 heteroatoms. The lowest BCUT2D eigenvalue weighted by molar-refractivity contribution is -0.105. The molecule has 1 rings (SSSR count). The lowest BCUT2D eigenvalue weighted by atomic mass is 10.3. The molecule has 1 amide bonds. The van der Waals surface area contributed by atoms with Crippen LogP contribution in [0.4, 0.5) is 5.82 Å². The number of aromatic nitrogens is 1. The van der Waals surface area contributed by atoms with Crippen LogP contribution in [0, 0.1) is 0 Å². The predicted molar refractivity (Wildman–Crippen MR) is 65.6 cm³/mol. The molecule has 0 bridgehead atoms. The van der Waals surface area contributed by atoms with Crippen molar-refractivity contribution < 1.29 is 9.53 Å². The van der Waals surface area contributed by atoms with Crippen molar-refractivity contribution in [2.24, 2.45) is 0 Å². The third kappa shape index (κ3) is 7.20. The Morgan fingerprint density at radius 1 is 1.62 bits per heavy atom. The van der Waals surface area contributed by atoms with E-state index < -0.39 is 0 Å². The number of nitrogens with zero attached hydrogens (tertiary/aromatic N) is 1. The van der Waals surface area contributed by atoms with Gasteiger partial charge in [-0.15, -0.1) is 11.6 Å². The molecule has 1 N–H and O–H groups in total. The van der Waals surface area contributed by atoms with Gasteiger partial charge in [-0.05, 0) is 31.5 Å². The van der Waals surface area contributed by atoms with Gasteiger partial charge >= 0.3 is 0 Å². The van der Waals surface area contributed by atoms with Gasteiger partial charge in [0.05, 0.1) is 6.10 Å². The number of rotatable bonds is 4. The van der Waals surface area contributed by atoms with E-state index in [1.165, 1.54) is 0 Å². The molecule has 4 nitrogen and oxygen atoms in total. The molecule has 1 aromatic rings. The summed E-state index contributed by atoms with van der Waals surface area (Å²) in [5.41, 5.74) is 0.936. The number of anilines is 1. The second-order valence-electron chi connectivity index (χ2n) is 3.23. The fourth-order valence-corrected chi connectivity index (χ4v) is 0.863. The first-order valence-corrected chi connectivity index (χ1v) is 5.41. The van der Waals surface area contributed by atoms with Gasteiger partial charge in [0, 0.05) is 19.2 Å². The maximum atomic E-state index is 9.99. The summed E-state index contributed by atoms with van der Waals surface area (Å²) >= 11 is 5.56. The van der Waals surface area contributed by atoms with Gasteiger partial charge in [-0.3, -0.25) is 4.79 Å². The van der Waals surface area contributed by atoms with Gasteiger partial charge in [0.1, 0.15) is 5.82 Å². The molecular formula is C11H17ClN2O2. The summed E-state index contributed by atoms with van der Waals surface area (Å²) in [5.74, 6) is 0.953. The monoisotopic (exact) mass is 244 g/mol. The minimum Gasteiger partial charge on any atom is -0.382 e. The average Bonchev–Trinajstić information content (AvgIpc) is 2.30. The first-order chi connectivity index (χ1) is 7.63. The summed E-state index contributed by atoms with van der Waals surface area (Å²) in [6.45, 7) is 4.00. The second kappa shape index (κ2) is 9.12. The highest BCUT2D eigenvalue weighted by Gasteiger charge is 1.93. The number of pyridine rings is 1.